The predicted molar refractivity (Wildman–Crippen MR) is 59.5 cm³/mol. The Morgan fingerprint density at radius 3 is 2.93 bits per heavy atom. The van der Waals surface area contributed by atoms with Crippen molar-refractivity contribution in [2.24, 2.45) is 0 Å². The van der Waals surface area contributed by atoms with Gasteiger partial charge in [0.15, 0.2) is 5.78 Å². The monoisotopic (exact) mass is 274 g/mol. The Labute approximate surface area is 96.6 Å². The molecule has 0 spiro atoms. The maximum atomic E-state index is 13.4. The van der Waals surface area contributed by atoms with Gasteiger partial charge in [-0.05, 0) is 34.5 Å². The van der Waals surface area contributed by atoms with E-state index in [2.05, 4.69) is 15.9 Å². The van der Waals surface area contributed by atoms with Gasteiger partial charge in [0, 0.05) is 6.61 Å². The number of hydrogen-bond donors (Lipinski definition) is 0. The summed E-state index contributed by atoms with van der Waals surface area (Å²) in [6.45, 7) is 2.40. The zero-order valence-electron chi connectivity index (χ0n) is 8.43. The number of rotatable bonds is 5. The van der Waals surface area contributed by atoms with Gasteiger partial charge in [0.05, 0.1) is 10.0 Å². The minimum absolute atomic E-state index is 0.0682. The van der Waals surface area contributed by atoms with E-state index >= 15 is 0 Å². The lowest BCUT2D eigenvalue weighted by Crippen LogP contribution is -2.11. The number of Topliss-reactive ketones (excluding diaryl/α,β-unsaturated/α-hetero) is 1. The molecule has 82 valence electrons. The molecule has 0 radical (unpaired) electrons. The molecule has 1 aromatic rings. The Bertz CT molecular complexity index is 352. The van der Waals surface area contributed by atoms with E-state index in [0.717, 1.165) is 6.42 Å². The van der Waals surface area contributed by atoms with Gasteiger partial charge in [-0.3, -0.25) is 4.79 Å². The van der Waals surface area contributed by atoms with Crippen LogP contribution < -0.4 is 0 Å². The summed E-state index contributed by atoms with van der Waals surface area (Å²) >= 11 is 3.03. The van der Waals surface area contributed by atoms with Crippen molar-refractivity contribution in [3.8, 4) is 0 Å². The third-order valence-corrected chi connectivity index (χ3v) is 2.45. The first-order chi connectivity index (χ1) is 7.16. The van der Waals surface area contributed by atoms with E-state index in [1.165, 1.54) is 6.07 Å². The van der Waals surface area contributed by atoms with Crippen molar-refractivity contribution in [3.05, 3.63) is 34.1 Å². The standard InChI is InChI=1S/C11H12BrFO2/c1-2-6-15-7-10(14)8-4-3-5-9(12)11(8)13/h3-5H,2,6-7H2,1H3. The lowest BCUT2D eigenvalue weighted by atomic mass is 10.1. The number of ketones is 1. The van der Waals surface area contributed by atoms with Gasteiger partial charge in [-0.2, -0.15) is 0 Å². The van der Waals surface area contributed by atoms with Crippen LogP contribution in [-0.4, -0.2) is 19.0 Å². The summed E-state index contributed by atoms with van der Waals surface area (Å²) in [5.41, 5.74) is 0.0699. The molecule has 1 rings (SSSR count). The summed E-state index contributed by atoms with van der Waals surface area (Å²) in [7, 11) is 0. The van der Waals surface area contributed by atoms with Crippen molar-refractivity contribution >= 4 is 21.7 Å². The molecule has 0 heterocycles. The summed E-state index contributed by atoms with van der Waals surface area (Å²) in [5.74, 6) is -0.857. The molecule has 0 aliphatic rings. The fraction of sp³-hybridized carbons (Fsp3) is 0.364. The van der Waals surface area contributed by atoms with Crippen LogP contribution >= 0.6 is 15.9 Å². The molecular formula is C11H12BrFO2. The fourth-order valence-electron chi connectivity index (χ4n) is 1.11. The number of carbonyl (C=O) groups excluding carboxylic acids is 1. The third-order valence-electron chi connectivity index (χ3n) is 1.83. The minimum atomic E-state index is -0.525. The van der Waals surface area contributed by atoms with Crippen molar-refractivity contribution < 1.29 is 13.9 Å². The first-order valence-electron chi connectivity index (χ1n) is 4.71. The normalized spacial score (nSPS) is 10.3. The summed E-state index contributed by atoms with van der Waals surface area (Å²) in [6, 6.07) is 4.64. The second-order valence-corrected chi connectivity index (χ2v) is 3.93. The smallest absolute Gasteiger partial charge is 0.191 e. The number of hydrogen-bond acceptors (Lipinski definition) is 2. The molecule has 0 N–H and O–H groups in total. The van der Waals surface area contributed by atoms with E-state index in [1.54, 1.807) is 12.1 Å². The van der Waals surface area contributed by atoms with Crippen LogP contribution in [0.5, 0.6) is 0 Å². The van der Waals surface area contributed by atoms with Gasteiger partial charge in [0.25, 0.3) is 0 Å². The molecule has 0 fully saturated rings. The molecule has 1 aromatic carbocycles. The molecule has 4 heteroatoms. The quantitative estimate of drug-likeness (QED) is 0.609. The van der Waals surface area contributed by atoms with E-state index in [1.807, 2.05) is 6.92 Å². The molecule has 0 bridgehead atoms. The number of ether oxygens (including phenoxy) is 1. The maximum Gasteiger partial charge on any atom is 0.191 e. The zero-order chi connectivity index (χ0) is 11.3. The van der Waals surface area contributed by atoms with Crippen LogP contribution in [0.15, 0.2) is 22.7 Å². The molecule has 0 atom stereocenters. The highest BCUT2D eigenvalue weighted by Crippen LogP contribution is 2.18. The van der Waals surface area contributed by atoms with Crippen molar-refractivity contribution in [3.63, 3.8) is 0 Å². The van der Waals surface area contributed by atoms with Crippen LogP contribution in [0.2, 0.25) is 0 Å². The summed E-state index contributed by atoms with van der Waals surface area (Å²) in [6.07, 6.45) is 0.842. The van der Waals surface area contributed by atoms with E-state index in [9.17, 15) is 9.18 Å². The van der Waals surface area contributed by atoms with Gasteiger partial charge in [-0.25, -0.2) is 4.39 Å². The Kier molecular flexibility index (Phi) is 4.91. The SMILES string of the molecule is CCCOCC(=O)c1cccc(Br)c1F. The topological polar surface area (TPSA) is 26.3 Å². The minimum Gasteiger partial charge on any atom is -0.373 e. The van der Waals surface area contributed by atoms with Gasteiger partial charge in [0.2, 0.25) is 0 Å². The van der Waals surface area contributed by atoms with Crippen LogP contribution in [0, 0.1) is 5.82 Å². The third kappa shape index (κ3) is 3.39. The Morgan fingerprint density at radius 1 is 1.53 bits per heavy atom. The highest BCUT2D eigenvalue weighted by atomic mass is 79.9. The average molecular weight is 275 g/mol. The zero-order valence-corrected chi connectivity index (χ0v) is 10.0. The molecule has 0 unspecified atom stereocenters. The Hall–Kier alpha value is -0.740. The summed E-state index contributed by atoms with van der Waals surface area (Å²) < 4.78 is 18.8. The molecule has 2 nitrogen and oxygen atoms in total. The van der Waals surface area contributed by atoms with Crippen LogP contribution in [0.25, 0.3) is 0 Å². The van der Waals surface area contributed by atoms with E-state index in [4.69, 9.17) is 4.74 Å². The number of benzene rings is 1. The van der Waals surface area contributed by atoms with Gasteiger partial charge < -0.3 is 4.74 Å². The fourth-order valence-corrected chi connectivity index (χ4v) is 1.47. The summed E-state index contributed by atoms with van der Waals surface area (Å²) in [4.78, 5) is 11.5. The molecular weight excluding hydrogens is 263 g/mol. The van der Waals surface area contributed by atoms with Gasteiger partial charge in [0.1, 0.15) is 12.4 Å². The molecule has 0 saturated carbocycles. The number of carbonyl (C=O) groups is 1. The molecule has 0 aromatic heterocycles. The lowest BCUT2D eigenvalue weighted by Gasteiger charge is -2.04. The van der Waals surface area contributed by atoms with E-state index in [-0.39, 0.29) is 18.0 Å². The molecule has 0 aliphatic heterocycles. The van der Waals surface area contributed by atoms with Crippen molar-refractivity contribution in [1.29, 1.82) is 0 Å². The average Bonchev–Trinajstić information content (AvgIpc) is 2.22. The predicted octanol–water partition coefficient (Wildman–Crippen LogP) is 3.20. The molecule has 0 saturated heterocycles. The van der Waals surface area contributed by atoms with Crippen LogP contribution in [0.4, 0.5) is 4.39 Å². The van der Waals surface area contributed by atoms with Gasteiger partial charge in [-0.1, -0.05) is 13.0 Å². The van der Waals surface area contributed by atoms with Crippen LogP contribution in [0.1, 0.15) is 23.7 Å². The highest BCUT2D eigenvalue weighted by Gasteiger charge is 2.13. The molecule has 15 heavy (non-hydrogen) atoms. The van der Waals surface area contributed by atoms with Crippen molar-refractivity contribution in [2.45, 2.75) is 13.3 Å². The van der Waals surface area contributed by atoms with Gasteiger partial charge in [-0.15, -0.1) is 0 Å². The summed E-state index contributed by atoms with van der Waals surface area (Å²) in [5, 5.41) is 0. The number of halogens is 2. The lowest BCUT2D eigenvalue weighted by molar-refractivity contribution is 0.0757. The van der Waals surface area contributed by atoms with E-state index in [0.29, 0.717) is 11.1 Å². The Morgan fingerprint density at radius 2 is 2.27 bits per heavy atom. The van der Waals surface area contributed by atoms with Crippen molar-refractivity contribution in [1.82, 2.24) is 0 Å². The molecule has 0 aliphatic carbocycles. The largest absolute Gasteiger partial charge is 0.373 e. The van der Waals surface area contributed by atoms with Crippen molar-refractivity contribution in [2.75, 3.05) is 13.2 Å². The van der Waals surface area contributed by atoms with Crippen LogP contribution in [-0.2, 0) is 4.74 Å². The second-order valence-electron chi connectivity index (χ2n) is 3.08. The highest BCUT2D eigenvalue weighted by molar-refractivity contribution is 9.10. The molecule has 0 amide bonds. The van der Waals surface area contributed by atoms with Gasteiger partial charge >= 0.3 is 0 Å². The second kappa shape index (κ2) is 5.98. The Balaban J connectivity index is 2.69. The van der Waals surface area contributed by atoms with E-state index < -0.39 is 5.82 Å². The first kappa shape index (κ1) is 12.3. The first-order valence-corrected chi connectivity index (χ1v) is 5.51. The maximum absolute atomic E-state index is 13.4. The van der Waals surface area contributed by atoms with Crippen LogP contribution in [0.3, 0.4) is 0 Å².